The first-order valence-electron chi connectivity index (χ1n) is 5.47. The molecule has 2 rings (SSSR count). The molecule has 104 valence electrons. The van der Waals surface area contributed by atoms with Crippen molar-refractivity contribution < 1.29 is 18.4 Å². The summed E-state index contributed by atoms with van der Waals surface area (Å²) >= 11 is 3.15. The Morgan fingerprint density at radius 1 is 1.20 bits per heavy atom. The lowest BCUT2D eigenvalue weighted by Gasteiger charge is -2.07. The fourth-order valence-corrected chi connectivity index (χ4v) is 2.10. The number of nitrogens with zero attached hydrogens (tertiary/aromatic N) is 1. The molecule has 0 unspecified atom stereocenters. The predicted octanol–water partition coefficient (Wildman–Crippen LogP) is 4.21. The summed E-state index contributed by atoms with van der Waals surface area (Å²) in [4.78, 5) is 9.65. The van der Waals surface area contributed by atoms with Gasteiger partial charge in [-0.05, 0) is 29.8 Å². The van der Waals surface area contributed by atoms with Crippen LogP contribution in [0.15, 0.2) is 40.9 Å². The van der Waals surface area contributed by atoms with Gasteiger partial charge in [0.1, 0.15) is 18.2 Å². The van der Waals surface area contributed by atoms with E-state index in [9.17, 15) is 18.9 Å². The Balaban J connectivity index is 2.11. The molecule has 0 N–H and O–H groups in total. The minimum atomic E-state index is -0.979. The number of rotatable bonds is 4. The second-order valence-corrected chi connectivity index (χ2v) is 4.85. The zero-order valence-electron chi connectivity index (χ0n) is 9.98. The minimum Gasteiger partial charge on any atom is -0.489 e. The first kappa shape index (κ1) is 14.4. The van der Waals surface area contributed by atoms with Crippen LogP contribution in [-0.2, 0) is 6.61 Å². The van der Waals surface area contributed by atoms with Crippen LogP contribution < -0.4 is 4.74 Å². The van der Waals surface area contributed by atoms with Crippen LogP contribution in [0.5, 0.6) is 5.75 Å². The molecule has 0 heterocycles. The maximum absolute atomic E-state index is 13.4. The third kappa shape index (κ3) is 3.51. The minimum absolute atomic E-state index is 0.0214. The predicted molar refractivity (Wildman–Crippen MR) is 71.5 cm³/mol. The van der Waals surface area contributed by atoms with E-state index < -0.39 is 22.2 Å². The van der Waals surface area contributed by atoms with Crippen LogP contribution >= 0.6 is 15.9 Å². The molecule has 0 amide bonds. The van der Waals surface area contributed by atoms with E-state index in [1.807, 2.05) is 0 Å². The van der Waals surface area contributed by atoms with E-state index in [4.69, 9.17) is 4.74 Å². The van der Waals surface area contributed by atoms with E-state index in [1.54, 1.807) is 6.07 Å². The second kappa shape index (κ2) is 5.96. The Labute approximate surface area is 121 Å². The lowest BCUT2D eigenvalue weighted by Crippen LogP contribution is -1.98. The van der Waals surface area contributed by atoms with Crippen LogP contribution in [0.2, 0.25) is 0 Å². The van der Waals surface area contributed by atoms with Crippen molar-refractivity contribution in [3.8, 4) is 5.75 Å². The largest absolute Gasteiger partial charge is 0.489 e. The molecule has 0 aromatic heterocycles. The molecule has 0 saturated heterocycles. The number of ether oxygens (including phenoxy) is 1. The zero-order chi connectivity index (χ0) is 14.7. The number of hydrogen-bond acceptors (Lipinski definition) is 3. The van der Waals surface area contributed by atoms with Gasteiger partial charge in [-0.25, -0.2) is 4.39 Å². The van der Waals surface area contributed by atoms with Crippen LogP contribution in [0, 0.1) is 21.7 Å². The van der Waals surface area contributed by atoms with E-state index in [1.165, 1.54) is 18.2 Å². The van der Waals surface area contributed by atoms with Crippen molar-refractivity contribution in [1.29, 1.82) is 0 Å². The smallest absolute Gasteiger partial charge is 0.305 e. The fraction of sp³-hybridized carbons (Fsp3) is 0.0769. The van der Waals surface area contributed by atoms with E-state index >= 15 is 0 Å². The number of hydrogen-bond donors (Lipinski definition) is 0. The van der Waals surface area contributed by atoms with Gasteiger partial charge in [0, 0.05) is 16.6 Å². The van der Waals surface area contributed by atoms with Crippen molar-refractivity contribution in [1.82, 2.24) is 0 Å². The molecule has 20 heavy (non-hydrogen) atoms. The number of nitro groups is 1. The van der Waals surface area contributed by atoms with Gasteiger partial charge in [-0.2, -0.15) is 4.39 Å². The van der Waals surface area contributed by atoms with E-state index in [2.05, 4.69) is 15.9 Å². The highest BCUT2D eigenvalue weighted by molar-refractivity contribution is 9.10. The highest BCUT2D eigenvalue weighted by Crippen LogP contribution is 2.23. The molecule has 0 atom stereocenters. The monoisotopic (exact) mass is 343 g/mol. The average molecular weight is 344 g/mol. The molecule has 0 aliphatic heterocycles. The first-order chi connectivity index (χ1) is 9.45. The summed E-state index contributed by atoms with van der Waals surface area (Å²) < 4.78 is 32.3. The normalized spacial score (nSPS) is 10.3. The summed E-state index contributed by atoms with van der Waals surface area (Å²) in [6.45, 7) is 0.0214. The highest BCUT2D eigenvalue weighted by atomic mass is 79.9. The average Bonchev–Trinajstić information content (AvgIpc) is 2.35. The maximum atomic E-state index is 13.4. The number of nitro benzene ring substituents is 1. The standard InChI is InChI=1S/C13H8BrF2NO3/c14-9-3-8(4-10(15)5-9)7-20-11-1-2-13(17(18)19)12(16)6-11/h1-6H,7H2. The van der Waals surface area contributed by atoms with Crippen LogP contribution in [0.4, 0.5) is 14.5 Å². The summed E-state index contributed by atoms with van der Waals surface area (Å²) in [6, 6.07) is 7.47. The molecule has 0 radical (unpaired) electrons. The van der Waals surface area contributed by atoms with Gasteiger partial charge in [0.15, 0.2) is 0 Å². The maximum Gasteiger partial charge on any atom is 0.305 e. The topological polar surface area (TPSA) is 52.4 Å². The van der Waals surface area contributed by atoms with Gasteiger partial charge in [-0.15, -0.1) is 0 Å². The molecular formula is C13H8BrF2NO3. The number of benzene rings is 2. The summed E-state index contributed by atoms with van der Waals surface area (Å²) in [5.41, 5.74) is -0.0681. The van der Waals surface area contributed by atoms with E-state index in [-0.39, 0.29) is 12.4 Å². The summed E-state index contributed by atoms with van der Waals surface area (Å²) in [6.07, 6.45) is 0. The van der Waals surface area contributed by atoms with Gasteiger partial charge in [0.2, 0.25) is 5.82 Å². The molecule has 0 bridgehead atoms. The van der Waals surface area contributed by atoms with E-state index in [0.29, 0.717) is 10.0 Å². The Kier molecular flexibility index (Phi) is 4.29. The van der Waals surface area contributed by atoms with Crippen LogP contribution in [0.1, 0.15) is 5.56 Å². The van der Waals surface area contributed by atoms with Crippen molar-refractivity contribution in [3.63, 3.8) is 0 Å². The summed E-state index contributed by atoms with van der Waals surface area (Å²) in [7, 11) is 0. The first-order valence-corrected chi connectivity index (χ1v) is 6.27. The second-order valence-electron chi connectivity index (χ2n) is 3.94. The van der Waals surface area contributed by atoms with Gasteiger partial charge >= 0.3 is 5.69 Å². The van der Waals surface area contributed by atoms with Crippen LogP contribution in [0.25, 0.3) is 0 Å². The lowest BCUT2D eigenvalue weighted by molar-refractivity contribution is -0.387. The third-order valence-corrected chi connectivity index (χ3v) is 2.90. The number of halogens is 3. The molecule has 0 spiro atoms. The molecule has 0 fully saturated rings. The Bertz CT molecular complexity index is 644. The Hall–Kier alpha value is -2.02. The Morgan fingerprint density at radius 3 is 2.55 bits per heavy atom. The van der Waals surface area contributed by atoms with Crippen molar-refractivity contribution >= 4 is 21.6 Å². The van der Waals surface area contributed by atoms with Crippen molar-refractivity contribution in [2.24, 2.45) is 0 Å². The van der Waals surface area contributed by atoms with Gasteiger partial charge in [-0.1, -0.05) is 15.9 Å². The van der Waals surface area contributed by atoms with Crippen LogP contribution in [0.3, 0.4) is 0 Å². The molecular weight excluding hydrogens is 336 g/mol. The van der Waals surface area contributed by atoms with Crippen molar-refractivity contribution in [2.45, 2.75) is 6.61 Å². The third-order valence-electron chi connectivity index (χ3n) is 2.44. The quantitative estimate of drug-likeness (QED) is 0.617. The fourth-order valence-electron chi connectivity index (χ4n) is 1.59. The molecule has 0 aliphatic carbocycles. The Morgan fingerprint density at radius 2 is 1.95 bits per heavy atom. The van der Waals surface area contributed by atoms with Gasteiger partial charge in [0.25, 0.3) is 0 Å². The van der Waals surface area contributed by atoms with Crippen molar-refractivity contribution in [2.75, 3.05) is 0 Å². The summed E-state index contributed by atoms with van der Waals surface area (Å²) in [5.74, 6) is -1.27. The highest BCUT2D eigenvalue weighted by Gasteiger charge is 2.14. The zero-order valence-corrected chi connectivity index (χ0v) is 11.6. The molecule has 2 aromatic carbocycles. The van der Waals surface area contributed by atoms with Gasteiger partial charge in [0.05, 0.1) is 4.92 Å². The molecule has 2 aromatic rings. The molecule has 0 saturated carbocycles. The summed E-state index contributed by atoms with van der Waals surface area (Å²) in [5, 5.41) is 10.5. The van der Waals surface area contributed by atoms with Crippen LogP contribution in [-0.4, -0.2) is 4.92 Å². The SMILES string of the molecule is O=[N+]([O-])c1ccc(OCc2cc(F)cc(Br)c2)cc1F. The molecule has 4 nitrogen and oxygen atoms in total. The van der Waals surface area contributed by atoms with Gasteiger partial charge in [-0.3, -0.25) is 10.1 Å². The lowest BCUT2D eigenvalue weighted by atomic mass is 10.2. The van der Waals surface area contributed by atoms with E-state index in [0.717, 1.165) is 12.1 Å². The molecule has 0 aliphatic rings. The van der Waals surface area contributed by atoms with Gasteiger partial charge < -0.3 is 4.74 Å². The molecule has 7 heteroatoms. The van der Waals surface area contributed by atoms with Crippen molar-refractivity contribution in [3.05, 3.63) is 68.2 Å².